The summed E-state index contributed by atoms with van der Waals surface area (Å²) in [6.45, 7) is 5.35. The number of hydrogen-bond acceptors (Lipinski definition) is 4. The van der Waals surface area contributed by atoms with Crippen LogP contribution in [0.5, 0.6) is 0 Å². The minimum atomic E-state index is -3.53. The van der Waals surface area contributed by atoms with E-state index in [-0.39, 0.29) is 12.1 Å². The zero-order valence-electron chi connectivity index (χ0n) is 13.6. The lowest BCUT2D eigenvalue weighted by atomic mass is 10.1. The molecule has 1 aromatic heterocycles. The van der Waals surface area contributed by atoms with E-state index >= 15 is 0 Å². The maximum Gasteiger partial charge on any atom is 0.244 e. The van der Waals surface area contributed by atoms with Gasteiger partial charge < -0.3 is 5.32 Å². The van der Waals surface area contributed by atoms with Crippen LogP contribution in [0.3, 0.4) is 0 Å². The highest BCUT2D eigenvalue weighted by atomic mass is 32.2. The van der Waals surface area contributed by atoms with Crippen molar-refractivity contribution >= 4 is 20.8 Å². The highest BCUT2D eigenvalue weighted by molar-refractivity contribution is 7.89. The Morgan fingerprint density at radius 1 is 1.26 bits per heavy atom. The molecule has 1 N–H and O–H groups in total. The largest absolute Gasteiger partial charge is 0.311 e. The van der Waals surface area contributed by atoms with Gasteiger partial charge in [-0.1, -0.05) is 26.0 Å². The predicted molar refractivity (Wildman–Crippen MR) is 91.8 cm³/mol. The predicted octanol–water partition coefficient (Wildman–Crippen LogP) is 2.39. The van der Waals surface area contributed by atoms with Crippen molar-refractivity contribution in [3.05, 3.63) is 36.7 Å². The van der Waals surface area contributed by atoms with E-state index in [9.17, 15) is 8.42 Å². The molecule has 2 heterocycles. The molecular formula is C17H23N3O2S. The van der Waals surface area contributed by atoms with E-state index < -0.39 is 10.0 Å². The third-order valence-corrected chi connectivity index (χ3v) is 6.62. The van der Waals surface area contributed by atoms with Gasteiger partial charge in [-0.3, -0.25) is 4.98 Å². The number of rotatable bonds is 4. The monoisotopic (exact) mass is 333 g/mol. The number of pyridine rings is 1. The first-order valence-electron chi connectivity index (χ1n) is 8.15. The Kier molecular flexibility index (Phi) is 4.66. The second-order valence-electron chi connectivity index (χ2n) is 6.00. The standard InChI is InChI=1S/C17H23N3O2S/c1-3-14-12-20(15(4-2)11-19-14)23(21,22)17-7-5-6-13-10-18-9-8-16(13)17/h5-10,14-15,19H,3-4,11-12H2,1-2H3. The molecule has 1 aliphatic heterocycles. The van der Waals surface area contributed by atoms with Crippen LogP contribution in [-0.4, -0.2) is 42.9 Å². The summed E-state index contributed by atoms with van der Waals surface area (Å²) >= 11 is 0. The zero-order chi connectivity index (χ0) is 16.4. The van der Waals surface area contributed by atoms with Crippen molar-refractivity contribution in [2.45, 2.75) is 43.7 Å². The van der Waals surface area contributed by atoms with E-state index in [1.54, 1.807) is 34.9 Å². The van der Waals surface area contributed by atoms with Crippen molar-refractivity contribution in [2.24, 2.45) is 0 Å². The van der Waals surface area contributed by atoms with Crippen molar-refractivity contribution in [3.63, 3.8) is 0 Å². The van der Waals surface area contributed by atoms with Gasteiger partial charge in [-0.2, -0.15) is 4.31 Å². The van der Waals surface area contributed by atoms with Gasteiger partial charge in [-0.25, -0.2) is 8.42 Å². The molecule has 2 unspecified atom stereocenters. The Hall–Kier alpha value is -1.50. The smallest absolute Gasteiger partial charge is 0.244 e. The fraction of sp³-hybridized carbons (Fsp3) is 0.471. The van der Waals surface area contributed by atoms with E-state index in [4.69, 9.17) is 0 Å². The number of nitrogens with zero attached hydrogens (tertiary/aromatic N) is 2. The van der Waals surface area contributed by atoms with Gasteiger partial charge in [0.2, 0.25) is 10.0 Å². The SMILES string of the molecule is CCC1CN(S(=O)(=O)c2cccc3cnccc23)C(CC)CN1. The van der Waals surface area contributed by atoms with Crippen molar-refractivity contribution in [1.82, 2.24) is 14.6 Å². The summed E-state index contributed by atoms with van der Waals surface area (Å²) in [4.78, 5) is 4.47. The number of nitrogens with one attached hydrogen (secondary N) is 1. The highest BCUT2D eigenvalue weighted by Gasteiger charge is 2.36. The minimum Gasteiger partial charge on any atom is -0.311 e. The second kappa shape index (κ2) is 6.55. The number of fused-ring (bicyclic) bond motifs is 1. The zero-order valence-corrected chi connectivity index (χ0v) is 14.4. The summed E-state index contributed by atoms with van der Waals surface area (Å²) in [6, 6.07) is 7.38. The summed E-state index contributed by atoms with van der Waals surface area (Å²) in [6.07, 6.45) is 5.07. The average molecular weight is 333 g/mol. The summed E-state index contributed by atoms with van der Waals surface area (Å²) in [5.41, 5.74) is 0. The van der Waals surface area contributed by atoms with Gasteiger partial charge in [0.1, 0.15) is 0 Å². The molecule has 6 heteroatoms. The first-order valence-corrected chi connectivity index (χ1v) is 9.60. The molecule has 2 atom stereocenters. The topological polar surface area (TPSA) is 62.3 Å². The highest BCUT2D eigenvalue weighted by Crippen LogP contribution is 2.28. The van der Waals surface area contributed by atoms with Crippen LogP contribution in [0.15, 0.2) is 41.6 Å². The fourth-order valence-corrected chi connectivity index (χ4v) is 5.15. The Bertz CT molecular complexity index is 786. The van der Waals surface area contributed by atoms with Crippen LogP contribution in [0.2, 0.25) is 0 Å². The summed E-state index contributed by atoms with van der Waals surface area (Å²) in [5, 5.41) is 5.03. The van der Waals surface area contributed by atoms with Gasteiger partial charge in [0.25, 0.3) is 0 Å². The first-order chi connectivity index (χ1) is 11.1. The molecule has 0 spiro atoms. The lowest BCUT2D eigenvalue weighted by Gasteiger charge is -2.39. The van der Waals surface area contributed by atoms with E-state index in [2.05, 4.69) is 17.2 Å². The van der Waals surface area contributed by atoms with Crippen LogP contribution in [0.25, 0.3) is 10.8 Å². The number of benzene rings is 1. The van der Waals surface area contributed by atoms with Crippen LogP contribution in [0.1, 0.15) is 26.7 Å². The number of sulfonamides is 1. The minimum absolute atomic E-state index is 0.0000987. The molecule has 124 valence electrons. The van der Waals surface area contributed by atoms with Crippen LogP contribution in [0, 0.1) is 0 Å². The molecule has 1 aromatic carbocycles. The Morgan fingerprint density at radius 3 is 2.83 bits per heavy atom. The lowest BCUT2D eigenvalue weighted by molar-refractivity contribution is 0.215. The molecule has 0 amide bonds. The van der Waals surface area contributed by atoms with Crippen LogP contribution < -0.4 is 5.32 Å². The van der Waals surface area contributed by atoms with E-state index in [0.717, 1.165) is 23.6 Å². The maximum atomic E-state index is 13.3. The van der Waals surface area contributed by atoms with Crippen molar-refractivity contribution in [1.29, 1.82) is 0 Å². The number of piperazine rings is 1. The molecule has 0 radical (unpaired) electrons. The second-order valence-corrected chi connectivity index (χ2v) is 7.86. The average Bonchev–Trinajstić information content (AvgIpc) is 2.60. The van der Waals surface area contributed by atoms with E-state index in [1.807, 2.05) is 13.0 Å². The van der Waals surface area contributed by atoms with Gasteiger partial charge in [0.15, 0.2) is 0 Å². The molecule has 23 heavy (non-hydrogen) atoms. The molecule has 1 saturated heterocycles. The number of hydrogen-bond donors (Lipinski definition) is 1. The van der Waals surface area contributed by atoms with Crippen molar-refractivity contribution in [2.75, 3.05) is 13.1 Å². The lowest BCUT2D eigenvalue weighted by Crippen LogP contribution is -2.57. The van der Waals surface area contributed by atoms with Gasteiger partial charge in [0.05, 0.1) is 4.90 Å². The molecule has 2 aromatic rings. The van der Waals surface area contributed by atoms with Crippen LogP contribution in [0.4, 0.5) is 0 Å². The summed E-state index contributed by atoms with van der Waals surface area (Å²) in [5.74, 6) is 0. The Balaban J connectivity index is 2.08. The normalized spacial score (nSPS) is 23.2. The Morgan fingerprint density at radius 2 is 2.09 bits per heavy atom. The van der Waals surface area contributed by atoms with Crippen LogP contribution in [-0.2, 0) is 10.0 Å². The Labute approximate surface area is 137 Å². The molecule has 5 nitrogen and oxygen atoms in total. The van der Waals surface area contributed by atoms with Crippen LogP contribution >= 0.6 is 0 Å². The molecule has 1 fully saturated rings. The fourth-order valence-electron chi connectivity index (χ4n) is 3.20. The number of aromatic nitrogens is 1. The molecule has 0 aliphatic carbocycles. The maximum absolute atomic E-state index is 13.3. The third-order valence-electron chi connectivity index (χ3n) is 4.64. The van der Waals surface area contributed by atoms with Gasteiger partial charge in [0, 0.05) is 48.3 Å². The molecule has 1 aliphatic rings. The van der Waals surface area contributed by atoms with Gasteiger partial charge in [-0.15, -0.1) is 0 Å². The third kappa shape index (κ3) is 2.98. The molecular weight excluding hydrogens is 310 g/mol. The summed E-state index contributed by atoms with van der Waals surface area (Å²) in [7, 11) is -3.53. The van der Waals surface area contributed by atoms with E-state index in [0.29, 0.717) is 18.0 Å². The van der Waals surface area contributed by atoms with Crippen molar-refractivity contribution < 1.29 is 8.42 Å². The molecule has 0 bridgehead atoms. The molecule has 0 saturated carbocycles. The summed E-state index contributed by atoms with van der Waals surface area (Å²) < 4.78 is 28.3. The molecule has 3 rings (SSSR count). The van der Waals surface area contributed by atoms with Crippen molar-refractivity contribution in [3.8, 4) is 0 Å². The van der Waals surface area contributed by atoms with Gasteiger partial charge >= 0.3 is 0 Å². The first kappa shape index (κ1) is 16.4. The van der Waals surface area contributed by atoms with E-state index in [1.165, 1.54) is 0 Å². The quantitative estimate of drug-likeness (QED) is 0.933. The van der Waals surface area contributed by atoms with Gasteiger partial charge in [-0.05, 0) is 25.0 Å².